The Morgan fingerprint density at radius 1 is 1.13 bits per heavy atom. The summed E-state index contributed by atoms with van der Waals surface area (Å²) in [5.74, 6) is -0.474. The van der Waals surface area contributed by atoms with E-state index < -0.39 is 15.9 Å². The molecule has 0 radical (unpaired) electrons. The van der Waals surface area contributed by atoms with E-state index >= 15 is 0 Å². The number of para-hydroxylation sites is 1. The molecule has 2 aromatic carbocycles. The lowest BCUT2D eigenvalue weighted by atomic mass is 10.0. The molecule has 0 heterocycles. The highest BCUT2D eigenvalue weighted by Crippen LogP contribution is 2.25. The van der Waals surface area contributed by atoms with E-state index in [0.717, 1.165) is 5.56 Å². The molecule has 0 atom stereocenters. The van der Waals surface area contributed by atoms with Crippen LogP contribution < -0.4 is 10.5 Å². The van der Waals surface area contributed by atoms with Gasteiger partial charge in [0.1, 0.15) is 0 Å². The fourth-order valence-corrected chi connectivity index (χ4v) is 3.61. The van der Waals surface area contributed by atoms with Gasteiger partial charge in [-0.2, -0.15) is 0 Å². The van der Waals surface area contributed by atoms with Crippen LogP contribution >= 0.6 is 0 Å². The van der Waals surface area contributed by atoms with Crippen LogP contribution in [0.25, 0.3) is 0 Å². The number of amides is 1. The van der Waals surface area contributed by atoms with Gasteiger partial charge in [-0.25, -0.2) is 8.42 Å². The Balaban J connectivity index is 2.48. The lowest BCUT2D eigenvalue weighted by Gasteiger charge is -2.14. The molecule has 1 amide bonds. The van der Waals surface area contributed by atoms with E-state index in [9.17, 15) is 13.2 Å². The van der Waals surface area contributed by atoms with Gasteiger partial charge in [0.15, 0.2) is 0 Å². The average Bonchev–Trinajstić information content (AvgIpc) is 2.47. The van der Waals surface area contributed by atoms with Crippen LogP contribution in [0.5, 0.6) is 0 Å². The number of nitrogens with one attached hydrogen (secondary N) is 1. The van der Waals surface area contributed by atoms with Gasteiger partial charge in [-0.3, -0.25) is 9.52 Å². The smallest absolute Gasteiger partial charge is 0.262 e. The number of carbonyl (C=O) groups is 1. The monoisotopic (exact) mass is 332 g/mol. The summed E-state index contributed by atoms with van der Waals surface area (Å²) in [6, 6.07) is 11.6. The van der Waals surface area contributed by atoms with Gasteiger partial charge in [-0.1, -0.05) is 38.1 Å². The number of sulfonamides is 1. The second kappa shape index (κ2) is 6.42. The first kappa shape index (κ1) is 17.0. The Hall–Kier alpha value is -2.34. The molecule has 0 aromatic heterocycles. The minimum atomic E-state index is -3.81. The fraction of sp³-hybridized carbons (Fsp3) is 0.235. The predicted molar refractivity (Wildman–Crippen MR) is 91.0 cm³/mol. The maximum Gasteiger partial charge on any atom is 0.262 e. The van der Waals surface area contributed by atoms with Crippen LogP contribution in [0, 0.1) is 6.92 Å². The van der Waals surface area contributed by atoms with E-state index in [4.69, 9.17) is 5.73 Å². The zero-order chi connectivity index (χ0) is 17.2. The Kier molecular flexibility index (Phi) is 4.75. The number of benzene rings is 2. The first-order valence-corrected chi connectivity index (χ1v) is 8.73. The molecule has 0 bridgehead atoms. The Bertz CT molecular complexity index is 843. The molecule has 6 heteroatoms. The highest BCUT2D eigenvalue weighted by atomic mass is 32.2. The zero-order valence-electron chi connectivity index (χ0n) is 13.3. The van der Waals surface area contributed by atoms with Crippen LogP contribution in [0.4, 0.5) is 5.69 Å². The van der Waals surface area contributed by atoms with E-state index in [1.54, 1.807) is 31.2 Å². The number of carbonyl (C=O) groups excluding carboxylic acids is 1. The third-order valence-electron chi connectivity index (χ3n) is 3.61. The lowest BCUT2D eigenvalue weighted by Crippen LogP contribution is -2.19. The molecule has 122 valence electrons. The Morgan fingerprint density at radius 3 is 2.39 bits per heavy atom. The van der Waals surface area contributed by atoms with Crippen molar-refractivity contribution < 1.29 is 13.2 Å². The summed E-state index contributed by atoms with van der Waals surface area (Å²) < 4.78 is 27.9. The second-order valence-electron chi connectivity index (χ2n) is 5.69. The van der Waals surface area contributed by atoms with E-state index in [1.165, 1.54) is 12.1 Å². The molecule has 0 aliphatic carbocycles. The van der Waals surface area contributed by atoms with Crippen LogP contribution in [0.3, 0.4) is 0 Å². The number of hydrogen-bond donors (Lipinski definition) is 2. The third kappa shape index (κ3) is 3.71. The van der Waals surface area contributed by atoms with Crippen LogP contribution in [0.1, 0.15) is 41.3 Å². The maximum absolute atomic E-state index is 12.7. The van der Waals surface area contributed by atoms with Crippen molar-refractivity contribution in [3.8, 4) is 0 Å². The molecule has 0 saturated heterocycles. The number of rotatable bonds is 5. The molecular weight excluding hydrogens is 312 g/mol. The van der Waals surface area contributed by atoms with Gasteiger partial charge < -0.3 is 5.73 Å². The maximum atomic E-state index is 12.7. The summed E-state index contributed by atoms with van der Waals surface area (Å²) in [6.07, 6.45) is 0. The highest BCUT2D eigenvalue weighted by Gasteiger charge is 2.20. The van der Waals surface area contributed by atoms with Crippen molar-refractivity contribution in [2.45, 2.75) is 31.6 Å². The van der Waals surface area contributed by atoms with Crippen molar-refractivity contribution in [1.82, 2.24) is 0 Å². The van der Waals surface area contributed by atoms with Crippen molar-refractivity contribution >= 4 is 21.6 Å². The molecule has 0 aliphatic heterocycles. The van der Waals surface area contributed by atoms with Gasteiger partial charge in [0.05, 0.1) is 16.1 Å². The van der Waals surface area contributed by atoms with E-state index in [0.29, 0.717) is 5.56 Å². The number of nitrogens with two attached hydrogens (primary N) is 1. The zero-order valence-corrected chi connectivity index (χ0v) is 14.1. The number of aryl methyl sites for hydroxylation is 1. The molecule has 0 aliphatic rings. The van der Waals surface area contributed by atoms with Crippen molar-refractivity contribution in [2.75, 3.05) is 4.72 Å². The van der Waals surface area contributed by atoms with Crippen molar-refractivity contribution in [1.29, 1.82) is 0 Å². The summed E-state index contributed by atoms with van der Waals surface area (Å²) in [4.78, 5) is 11.6. The fourth-order valence-electron chi connectivity index (χ4n) is 2.25. The highest BCUT2D eigenvalue weighted by molar-refractivity contribution is 7.92. The molecule has 3 N–H and O–H groups in total. The SMILES string of the molecule is Cc1ccc(C(C)C)cc1S(=O)(=O)Nc1ccccc1C(N)=O. The molecule has 0 saturated carbocycles. The molecular formula is C17H20N2O3S. The first-order valence-electron chi connectivity index (χ1n) is 7.24. The third-order valence-corrected chi connectivity index (χ3v) is 5.11. The van der Waals surface area contributed by atoms with Crippen LogP contribution in [-0.2, 0) is 10.0 Å². The molecule has 2 rings (SSSR count). The summed E-state index contributed by atoms with van der Waals surface area (Å²) in [5, 5.41) is 0. The number of anilines is 1. The standard InChI is InChI=1S/C17H20N2O3S/c1-11(2)13-9-8-12(3)16(10-13)23(21,22)19-15-7-5-4-6-14(15)17(18)20/h4-11,19H,1-3H3,(H2,18,20). The lowest BCUT2D eigenvalue weighted by molar-refractivity contribution is 0.100. The molecule has 2 aromatic rings. The van der Waals surface area contributed by atoms with E-state index in [2.05, 4.69) is 4.72 Å². The molecule has 0 spiro atoms. The Morgan fingerprint density at radius 2 is 1.78 bits per heavy atom. The van der Waals surface area contributed by atoms with Gasteiger partial charge in [-0.15, -0.1) is 0 Å². The van der Waals surface area contributed by atoms with E-state index in [-0.39, 0.29) is 22.1 Å². The molecule has 0 unspecified atom stereocenters. The number of hydrogen-bond acceptors (Lipinski definition) is 3. The van der Waals surface area contributed by atoms with Crippen LogP contribution in [0.15, 0.2) is 47.4 Å². The largest absolute Gasteiger partial charge is 0.366 e. The van der Waals surface area contributed by atoms with Gasteiger partial charge >= 0.3 is 0 Å². The van der Waals surface area contributed by atoms with Crippen molar-refractivity contribution in [2.24, 2.45) is 5.73 Å². The van der Waals surface area contributed by atoms with Crippen molar-refractivity contribution in [3.63, 3.8) is 0 Å². The summed E-state index contributed by atoms with van der Waals surface area (Å²) in [6.45, 7) is 5.73. The number of primary amides is 1. The molecule has 0 fully saturated rings. The van der Waals surface area contributed by atoms with Gasteiger partial charge in [0, 0.05) is 0 Å². The normalized spacial score (nSPS) is 11.5. The Labute approximate surface area is 136 Å². The molecule has 23 heavy (non-hydrogen) atoms. The minimum absolute atomic E-state index is 0.133. The second-order valence-corrected chi connectivity index (χ2v) is 7.35. The molecule has 5 nitrogen and oxygen atoms in total. The summed E-state index contributed by atoms with van der Waals surface area (Å²) in [5.41, 5.74) is 7.17. The quantitative estimate of drug-likeness (QED) is 0.882. The first-order chi connectivity index (χ1) is 10.7. The van der Waals surface area contributed by atoms with Gasteiger partial charge in [0.2, 0.25) is 0 Å². The minimum Gasteiger partial charge on any atom is -0.366 e. The van der Waals surface area contributed by atoms with Crippen molar-refractivity contribution in [3.05, 3.63) is 59.2 Å². The summed E-state index contributed by atoms with van der Waals surface area (Å²) >= 11 is 0. The summed E-state index contributed by atoms with van der Waals surface area (Å²) in [7, 11) is -3.81. The van der Waals surface area contributed by atoms with Crippen LogP contribution in [0.2, 0.25) is 0 Å². The average molecular weight is 332 g/mol. The van der Waals surface area contributed by atoms with Gasteiger partial charge in [0.25, 0.3) is 15.9 Å². The predicted octanol–water partition coefficient (Wildman–Crippen LogP) is 3.02. The topological polar surface area (TPSA) is 89.3 Å². The van der Waals surface area contributed by atoms with E-state index in [1.807, 2.05) is 19.9 Å². The van der Waals surface area contributed by atoms with Crippen LogP contribution in [-0.4, -0.2) is 14.3 Å². The van der Waals surface area contributed by atoms with Gasteiger partial charge in [-0.05, 0) is 42.2 Å².